The number of hydrogen-bond acceptors (Lipinski definition) is 9. The fourth-order valence-corrected chi connectivity index (χ4v) is 6.78. The number of allylic oxidation sites excluding steroid dienone is 1. The number of thiazole rings is 1. The second-order valence-corrected chi connectivity index (χ2v) is 14.6. The first-order valence-corrected chi connectivity index (χ1v) is 16.6. The third kappa shape index (κ3) is 8.05. The van der Waals surface area contributed by atoms with E-state index in [4.69, 9.17) is 19.2 Å². The molecular formula is C35H48N4O6S. The molecule has 3 aromatic rings. The summed E-state index contributed by atoms with van der Waals surface area (Å²) in [6.07, 6.45) is 5.03. The number of fused-ring (bicyclic) bond motifs is 1. The maximum absolute atomic E-state index is 12.6. The van der Waals surface area contributed by atoms with E-state index in [0.29, 0.717) is 18.0 Å². The van der Waals surface area contributed by atoms with E-state index in [1.807, 2.05) is 11.4 Å². The quantitative estimate of drug-likeness (QED) is 0.226. The Balaban J connectivity index is 1.77. The Bertz CT molecular complexity index is 1580. The summed E-state index contributed by atoms with van der Waals surface area (Å²) >= 11 is 1.45. The molecule has 1 aliphatic carbocycles. The molecule has 1 aliphatic rings. The summed E-state index contributed by atoms with van der Waals surface area (Å²) in [5, 5.41) is 15.7. The number of nitrogens with zero attached hydrogens (tertiary/aromatic N) is 3. The second kappa shape index (κ2) is 14.5. The molecular weight excluding hydrogens is 604 g/mol. The first-order chi connectivity index (χ1) is 21.7. The van der Waals surface area contributed by atoms with Gasteiger partial charge in [0.05, 0.1) is 35.8 Å². The standard InChI is InChI=1S/C35H48N4O6S/c1-10-39-29-14-21(2)23(28-19-46-30(37-28)16-26(32(41)44-9)38-33(42)45-34(3,4)5)15-24(29)25(17-35(6,7)20-40)31(39)22-12-11-13-36-27(22)18-43-8/h11-13,15,19,21,26,40H,10,14,16-18,20H2,1-9H3,(H,38,42)/t21?,26-/m0/s1. The number of hydrogen-bond donors (Lipinski definition) is 2. The molecule has 0 aromatic carbocycles. The van der Waals surface area contributed by atoms with Gasteiger partial charge in [-0.25, -0.2) is 14.6 Å². The van der Waals surface area contributed by atoms with E-state index in [1.54, 1.807) is 34.1 Å². The van der Waals surface area contributed by atoms with Gasteiger partial charge in [-0.15, -0.1) is 11.3 Å². The fourth-order valence-electron chi connectivity index (χ4n) is 5.93. The fraction of sp³-hybridized carbons (Fsp3) is 0.543. The summed E-state index contributed by atoms with van der Waals surface area (Å²) < 4.78 is 18.2. The van der Waals surface area contributed by atoms with Crippen molar-refractivity contribution in [3.8, 4) is 11.3 Å². The predicted molar refractivity (Wildman–Crippen MR) is 180 cm³/mol. The number of aromatic nitrogens is 3. The number of esters is 1. The van der Waals surface area contributed by atoms with Crippen molar-refractivity contribution in [1.29, 1.82) is 0 Å². The van der Waals surface area contributed by atoms with Crippen LogP contribution in [0.25, 0.3) is 22.9 Å². The maximum atomic E-state index is 12.6. The first kappa shape index (κ1) is 35.3. The molecule has 10 nitrogen and oxygen atoms in total. The number of amides is 1. The lowest BCUT2D eigenvalue weighted by molar-refractivity contribution is -0.143. The lowest BCUT2D eigenvalue weighted by Gasteiger charge is -2.24. The van der Waals surface area contributed by atoms with Crippen molar-refractivity contribution in [1.82, 2.24) is 19.9 Å². The number of pyridine rings is 1. The van der Waals surface area contributed by atoms with Crippen LogP contribution < -0.4 is 5.32 Å². The number of rotatable bonds is 12. The van der Waals surface area contributed by atoms with Gasteiger partial charge in [0.2, 0.25) is 0 Å². The minimum absolute atomic E-state index is 0.0532. The Labute approximate surface area is 276 Å². The average Bonchev–Trinajstić information content (AvgIpc) is 3.57. The lowest BCUT2D eigenvalue weighted by Crippen LogP contribution is -2.45. The van der Waals surface area contributed by atoms with Gasteiger partial charge in [-0.2, -0.15) is 0 Å². The predicted octanol–water partition coefficient (Wildman–Crippen LogP) is 6.08. The molecule has 11 heteroatoms. The molecule has 2 N–H and O–H groups in total. The van der Waals surface area contributed by atoms with Gasteiger partial charge < -0.3 is 29.2 Å². The molecule has 0 spiro atoms. The van der Waals surface area contributed by atoms with E-state index in [1.165, 1.54) is 29.7 Å². The van der Waals surface area contributed by atoms with Crippen molar-refractivity contribution in [2.24, 2.45) is 11.3 Å². The van der Waals surface area contributed by atoms with E-state index in [-0.39, 0.29) is 24.4 Å². The summed E-state index contributed by atoms with van der Waals surface area (Å²) in [5.74, 6) is -0.386. The molecule has 1 unspecified atom stereocenters. The van der Waals surface area contributed by atoms with Crippen molar-refractivity contribution in [3.05, 3.63) is 56.9 Å². The van der Waals surface area contributed by atoms with Crippen LogP contribution in [0.1, 0.15) is 81.7 Å². The molecule has 0 bridgehead atoms. The topological polar surface area (TPSA) is 125 Å². The molecule has 0 saturated heterocycles. The zero-order valence-electron chi connectivity index (χ0n) is 28.5. The molecule has 3 heterocycles. The van der Waals surface area contributed by atoms with E-state index in [2.05, 4.69) is 54.7 Å². The van der Waals surface area contributed by atoms with Gasteiger partial charge in [0.15, 0.2) is 0 Å². The van der Waals surface area contributed by atoms with Crippen molar-refractivity contribution >= 4 is 35.0 Å². The SMILES string of the molecule is CCn1c2c(c(CC(C)(C)CO)c1-c1cccnc1COC)C=C(c1csc(C[C@H](NC(=O)OC(C)(C)C)C(=O)OC)n1)C(C)C2. The second-order valence-electron chi connectivity index (χ2n) is 13.6. The van der Waals surface area contributed by atoms with E-state index in [9.17, 15) is 14.7 Å². The van der Waals surface area contributed by atoms with Crippen LogP contribution in [0, 0.1) is 11.3 Å². The zero-order valence-corrected chi connectivity index (χ0v) is 29.3. The number of carbonyl (C=O) groups is 2. The summed E-state index contributed by atoms with van der Waals surface area (Å²) in [5.41, 5.74) is 7.52. The third-order valence-electron chi connectivity index (χ3n) is 8.08. The molecule has 0 aliphatic heterocycles. The van der Waals surface area contributed by atoms with Gasteiger partial charge in [-0.05, 0) is 86.8 Å². The van der Waals surface area contributed by atoms with Crippen molar-refractivity contribution in [3.63, 3.8) is 0 Å². The largest absolute Gasteiger partial charge is 0.467 e. The van der Waals surface area contributed by atoms with E-state index >= 15 is 0 Å². The minimum atomic E-state index is -0.933. The highest BCUT2D eigenvalue weighted by molar-refractivity contribution is 7.09. The number of aliphatic hydroxyl groups excluding tert-OH is 1. The van der Waals surface area contributed by atoms with Gasteiger partial charge in [-0.1, -0.05) is 20.8 Å². The summed E-state index contributed by atoms with van der Waals surface area (Å²) in [4.78, 5) is 34.6. The van der Waals surface area contributed by atoms with Crippen LogP contribution in [0.3, 0.4) is 0 Å². The summed E-state index contributed by atoms with van der Waals surface area (Å²) in [7, 11) is 2.97. The monoisotopic (exact) mass is 652 g/mol. The van der Waals surface area contributed by atoms with Gasteiger partial charge in [-0.3, -0.25) is 4.98 Å². The minimum Gasteiger partial charge on any atom is -0.467 e. The maximum Gasteiger partial charge on any atom is 0.408 e. The highest BCUT2D eigenvalue weighted by atomic mass is 32.1. The number of methoxy groups -OCH3 is 2. The molecule has 0 radical (unpaired) electrons. The molecule has 4 rings (SSSR count). The molecule has 46 heavy (non-hydrogen) atoms. The Hall–Kier alpha value is -3.54. The number of carbonyl (C=O) groups excluding carboxylic acids is 2. The third-order valence-corrected chi connectivity index (χ3v) is 8.95. The van der Waals surface area contributed by atoms with Crippen LogP contribution in [0.2, 0.25) is 0 Å². The van der Waals surface area contributed by atoms with Crippen LogP contribution >= 0.6 is 11.3 Å². The van der Waals surface area contributed by atoms with Crippen LogP contribution in [0.15, 0.2) is 23.7 Å². The lowest BCUT2D eigenvalue weighted by atomic mass is 9.80. The van der Waals surface area contributed by atoms with E-state index < -0.39 is 23.7 Å². The summed E-state index contributed by atoms with van der Waals surface area (Å²) in [6.45, 7) is 15.1. The number of aliphatic hydroxyl groups is 1. The Kier molecular flexibility index (Phi) is 11.1. The van der Waals surface area contributed by atoms with Gasteiger partial charge in [0, 0.05) is 49.5 Å². The highest BCUT2D eigenvalue weighted by Gasteiger charge is 2.33. The van der Waals surface area contributed by atoms with E-state index in [0.717, 1.165) is 46.7 Å². The smallest absolute Gasteiger partial charge is 0.408 e. The molecule has 0 saturated carbocycles. The Morgan fingerprint density at radius 1 is 1.22 bits per heavy atom. The average molecular weight is 653 g/mol. The molecule has 3 aromatic heterocycles. The first-order valence-electron chi connectivity index (χ1n) is 15.7. The van der Waals surface area contributed by atoms with Gasteiger partial charge in [0.25, 0.3) is 0 Å². The molecule has 1 amide bonds. The number of alkyl carbamates (subject to hydrolysis) is 1. The van der Waals surface area contributed by atoms with Crippen LogP contribution in [-0.2, 0) is 51.4 Å². The normalized spacial score (nSPS) is 15.6. The Morgan fingerprint density at radius 2 is 1.96 bits per heavy atom. The van der Waals surface area contributed by atoms with Crippen molar-refractivity contribution < 1.29 is 28.9 Å². The van der Waals surface area contributed by atoms with Crippen LogP contribution in [-0.4, -0.2) is 64.2 Å². The van der Waals surface area contributed by atoms with Crippen LogP contribution in [0.5, 0.6) is 0 Å². The number of nitrogens with one attached hydrogen (secondary N) is 1. The molecule has 0 fully saturated rings. The van der Waals surface area contributed by atoms with Gasteiger partial charge in [0.1, 0.15) is 11.6 Å². The summed E-state index contributed by atoms with van der Waals surface area (Å²) in [6, 6.07) is 3.13. The van der Waals surface area contributed by atoms with Gasteiger partial charge >= 0.3 is 12.1 Å². The molecule has 2 atom stereocenters. The number of ether oxygens (including phenoxy) is 3. The molecule has 250 valence electrons. The zero-order chi connectivity index (χ0) is 33.8. The van der Waals surface area contributed by atoms with Crippen LogP contribution in [0.4, 0.5) is 4.79 Å². The van der Waals surface area contributed by atoms with Crippen molar-refractivity contribution in [2.45, 2.75) is 92.5 Å². The highest BCUT2D eigenvalue weighted by Crippen LogP contribution is 2.44. The van der Waals surface area contributed by atoms with Crippen molar-refractivity contribution in [2.75, 3.05) is 20.8 Å². The Morgan fingerprint density at radius 3 is 2.59 bits per heavy atom.